The van der Waals surface area contributed by atoms with Gasteiger partial charge in [0.2, 0.25) is 0 Å². The number of Topliss-reactive ketones (excluding diaryl/α,β-unsaturated/α-hetero) is 1. The second kappa shape index (κ2) is 5.75. The number of ether oxygens (including phenoxy) is 1. The first-order valence-electron chi connectivity index (χ1n) is 11.5. The van der Waals surface area contributed by atoms with Crippen LogP contribution in [0.15, 0.2) is 42.5 Å². The van der Waals surface area contributed by atoms with Crippen molar-refractivity contribution >= 4 is 22.5 Å². The van der Waals surface area contributed by atoms with E-state index < -0.39 is 5.41 Å². The van der Waals surface area contributed by atoms with Crippen molar-refractivity contribution in [3.05, 3.63) is 48.0 Å². The van der Waals surface area contributed by atoms with Gasteiger partial charge in [-0.1, -0.05) is 63.2 Å². The van der Waals surface area contributed by atoms with Gasteiger partial charge in [0.25, 0.3) is 0 Å². The third-order valence-electron chi connectivity index (χ3n) is 9.84. The molecule has 0 spiro atoms. The fourth-order valence-corrected chi connectivity index (χ4v) is 7.46. The Bertz CT molecular complexity index is 1080. The van der Waals surface area contributed by atoms with Crippen LogP contribution < -0.4 is 0 Å². The van der Waals surface area contributed by atoms with E-state index in [1.807, 2.05) is 0 Å². The average Bonchev–Trinajstić information content (AvgIpc) is 3.28. The Morgan fingerprint density at radius 2 is 1.80 bits per heavy atom. The molecular weight excluding hydrogens is 372 g/mol. The molecule has 6 atom stereocenters. The predicted molar refractivity (Wildman–Crippen MR) is 116 cm³/mol. The number of carbonyl (C=O) groups is 2. The number of ketones is 1. The number of hydrogen-bond donors (Lipinski definition) is 0. The predicted octanol–water partition coefficient (Wildman–Crippen LogP) is 5.66. The van der Waals surface area contributed by atoms with Gasteiger partial charge in [-0.15, -0.1) is 0 Å². The van der Waals surface area contributed by atoms with E-state index in [0.717, 1.165) is 12.8 Å². The van der Waals surface area contributed by atoms with Crippen LogP contribution in [0.1, 0.15) is 64.4 Å². The standard InChI is InChI=1S/C27H30O3/c1-25(2)20-12-13-26(25,3)23(30-24(29)27-15-19(27)10-11-21(27)28)22(20)18-9-8-16-6-4-5-7-17(16)14-18/h4-9,14,19-20,22-23H,10-13,15H2,1-3H3/t19-,20-,22-,23-,26+,27-/m1/s1. The number of benzene rings is 2. The van der Waals surface area contributed by atoms with Gasteiger partial charge in [-0.2, -0.15) is 0 Å². The van der Waals surface area contributed by atoms with Crippen LogP contribution >= 0.6 is 0 Å². The molecule has 156 valence electrons. The molecule has 0 saturated heterocycles. The zero-order valence-electron chi connectivity index (χ0n) is 18.1. The normalized spacial score (nSPS) is 40.6. The Hall–Kier alpha value is -2.16. The lowest BCUT2D eigenvalue weighted by atomic mass is 9.70. The van der Waals surface area contributed by atoms with Gasteiger partial charge in [0.15, 0.2) is 0 Å². The molecular formula is C27H30O3. The summed E-state index contributed by atoms with van der Waals surface area (Å²) >= 11 is 0. The monoisotopic (exact) mass is 402 g/mol. The summed E-state index contributed by atoms with van der Waals surface area (Å²) < 4.78 is 6.40. The van der Waals surface area contributed by atoms with Crippen LogP contribution in [-0.4, -0.2) is 17.9 Å². The van der Waals surface area contributed by atoms with E-state index in [9.17, 15) is 9.59 Å². The van der Waals surface area contributed by atoms with E-state index in [1.54, 1.807) is 0 Å². The second-order valence-electron chi connectivity index (χ2n) is 11.1. The number of fused-ring (bicyclic) bond motifs is 4. The first-order valence-corrected chi connectivity index (χ1v) is 11.5. The average molecular weight is 403 g/mol. The smallest absolute Gasteiger partial charge is 0.320 e. The number of carbonyl (C=O) groups excluding carboxylic acids is 2. The first-order chi connectivity index (χ1) is 14.3. The molecule has 0 amide bonds. The zero-order valence-corrected chi connectivity index (χ0v) is 18.1. The molecule has 2 aromatic rings. The van der Waals surface area contributed by atoms with Crippen LogP contribution in [0, 0.1) is 28.1 Å². The van der Waals surface area contributed by atoms with Crippen LogP contribution in [0.25, 0.3) is 10.8 Å². The van der Waals surface area contributed by atoms with E-state index in [1.165, 1.54) is 22.8 Å². The topological polar surface area (TPSA) is 43.4 Å². The van der Waals surface area contributed by atoms with Crippen molar-refractivity contribution in [3.8, 4) is 0 Å². The maximum atomic E-state index is 13.4. The van der Waals surface area contributed by atoms with Crippen molar-refractivity contribution in [3.63, 3.8) is 0 Å². The van der Waals surface area contributed by atoms with E-state index >= 15 is 0 Å². The summed E-state index contributed by atoms with van der Waals surface area (Å²) in [6.07, 6.45) is 4.20. The van der Waals surface area contributed by atoms with Gasteiger partial charge in [0.05, 0.1) is 0 Å². The molecule has 0 aromatic heterocycles. The molecule has 4 aliphatic carbocycles. The zero-order chi connectivity index (χ0) is 20.9. The summed E-state index contributed by atoms with van der Waals surface area (Å²) in [7, 11) is 0. The van der Waals surface area contributed by atoms with Crippen LogP contribution in [0.4, 0.5) is 0 Å². The minimum absolute atomic E-state index is 0.0632. The highest BCUT2D eigenvalue weighted by Crippen LogP contribution is 2.72. The lowest BCUT2D eigenvalue weighted by molar-refractivity contribution is -0.166. The largest absolute Gasteiger partial charge is 0.460 e. The van der Waals surface area contributed by atoms with Crippen molar-refractivity contribution in [1.29, 1.82) is 0 Å². The maximum absolute atomic E-state index is 13.4. The van der Waals surface area contributed by atoms with Gasteiger partial charge in [0, 0.05) is 17.8 Å². The Labute approximate surface area is 178 Å². The third kappa shape index (κ3) is 2.11. The first kappa shape index (κ1) is 18.6. The van der Waals surface area contributed by atoms with Gasteiger partial charge in [0.1, 0.15) is 17.3 Å². The van der Waals surface area contributed by atoms with Crippen molar-refractivity contribution in [2.45, 2.75) is 64.9 Å². The van der Waals surface area contributed by atoms with E-state index in [4.69, 9.17) is 4.74 Å². The van der Waals surface area contributed by atoms with Crippen LogP contribution in [0.3, 0.4) is 0 Å². The van der Waals surface area contributed by atoms with Crippen molar-refractivity contribution in [1.82, 2.24) is 0 Å². The molecule has 4 fully saturated rings. The van der Waals surface area contributed by atoms with Gasteiger partial charge in [-0.05, 0) is 59.3 Å². The summed E-state index contributed by atoms with van der Waals surface area (Å²) in [5, 5.41) is 2.47. The molecule has 4 saturated carbocycles. The summed E-state index contributed by atoms with van der Waals surface area (Å²) in [5.74, 6) is 0.796. The summed E-state index contributed by atoms with van der Waals surface area (Å²) in [4.78, 5) is 25.9. The molecule has 4 aliphatic rings. The molecule has 0 aliphatic heterocycles. The third-order valence-corrected chi connectivity index (χ3v) is 9.84. The quantitative estimate of drug-likeness (QED) is 0.491. The highest BCUT2D eigenvalue weighted by atomic mass is 16.5. The Kier molecular flexibility index (Phi) is 3.56. The molecule has 0 N–H and O–H groups in total. The van der Waals surface area contributed by atoms with Crippen LogP contribution in [0.2, 0.25) is 0 Å². The summed E-state index contributed by atoms with van der Waals surface area (Å²) in [6.45, 7) is 7.02. The van der Waals surface area contributed by atoms with Gasteiger partial charge in [-0.25, -0.2) is 0 Å². The molecule has 30 heavy (non-hydrogen) atoms. The van der Waals surface area contributed by atoms with Crippen molar-refractivity contribution in [2.75, 3.05) is 0 Å². The SMILES string of the molecule is CC1(C)[C@@H]2CC[C@@]1(C)[C@H](OC(=O)[C@]13C[C@H]1CCC3=O)[C@@H]2c1ccc2ccccc2c1. The van der Waals surface area contributed by atoms with Crippen LogP contribution in [-0.2, 0) is 14.3 Å². The molecule has 2 bridgehead atoms. The van der Waals surface area contributed by atoms with Crippen molar-refractivity contribution in [2.24, 2.45) is 28.1 Å². The maximum Gasteiger partial charge on any atom is 0.320 e. The lowest BCUT2D eigenvalue weighted by Crippen LogP contribution is -2.42. The van der Waals surface area contributed by atoms with Crippen molar-refractivity contribution < 1.29 is 14.3 Å². The van der Waals surface area contributed by atoms with E-state index in [2.05, 4.69) is 63.2 Å². The fraction of sp³-hybridized carbons (Fsp3) is 0.556. The van der Waals surface area contributed by atoms with Gasteiger partial charge >= 0.3 is 5.97 Å². The molecule has 2 aromatic carbocycles. The number of esters is 1. The number of hydrogen-bond acceptors (Lipinski definition) is 3. The molecule has 0 radical (unpaired) electrons. The van der Waals surface area contributed by atoms with Gasteiger partial charge < -0.3 is 4.74 Å². The molecule has 0 unspecified atom stereocenters. The highest BCUT2D eigenvalue weighted by Gasteiger charge is 2.72. The number of rotatable bonds is 3. The lowest BCUT2D eigenvalue weighted by Gasteiger charge is -2.40. The highest BCUT2D eigenvalue weighted by molar-refractivity contribution is 6.09. The minimum Gasteiger partial charge on any atom is -0.460 e. The summed E-state index contributed by atoms with van der Waals surface area (Å²) in [5.41, 5.74) is 0.507. The fourth-order valence-electron chi connectivity index (χ4n) is 7.46. The van der Waals surface area contributed by atoms with Gasteiger partial charge in [-0.3, -0.25) is 9.59 Å². The summed E-state index contributed by atoms with van der Waals surface area (Å²) in [6, 6.07) is 15.2. The molecule has 3 heteroatoms. The Morgan fingerprint density at radius 3 is 2.50 bits per heavy atom. The molecule has 0 heterocycles. The minimum atomic E-state index is -0.795. The molecule has 6 rings (SSSR count). The second-order valence-corrected chi connectivity index (χ2v) is 11.1. The van der Waals surface area contributed by atoms with E-state index in [-0.39, 0.29) is 40.5 Å². The van der Waals surface area contributed by atoms with E-state index in [0.29, 0.717) is 18.8 Å². The molecule has 3 nitrogen and oxygen atoms in total. The van der Waals surface area contributed by atoms with Crippen LogP contribution in [0.5, 0.6) is 0 Å². The Balaban J connectivity index is 1.41. The Morgan fingerprint density at radius 1 is 1.03 bits per heavy atom.